The lowest BCUT2D eigenvalue weighted by molar-refractivity contribution is -0.139. The summed E-state index contributed by atoms with van der Waals surface area (Å²) in [5.74, 6) is -0.0239. The molecule has 1 heterocycles. The molecule has 1 aliphatic carbocycles. The monoisotopic (exact) mass is 379 g/mol. The Kier molecular flexibility index (Phi) is 6.20. The van der Waals surface area contributed by atoms with Crippen LogP contribution in [0.1, 0.15) is 44.1 Å². The molecule has 134 valence electrons. The topological polar surface area (TPSA) is 57.6 Å². The molecule has 0 bridgehead atoms. The lowest BCUT2D eigenvalue weighted by Gasteiger charge is -2.25. The normalized spacial score (nSPS) is 19.7. The van der Waals surface area contributed by atoms with E-state index in [1.54, 1.807) is 24.3 Å². The fourth-order valence-electron chi connectivity index (χ4n) is 3.53. The summed E-state index contributed by atoms with van der Waals surface area (Å²) in [5.41, 5.74) is 1.16. The number of benzene rings is 1. The third-order valence-electron chi connectivity index (χ3n) is 4.73. The molecule has 0 spiro atoms. The van der Waals surface area contributed by atoms with Gasteiger partial charge in [-0.15, -0.1) is 11.8 Å². The van der Waals surface area contributed by atoms with Crippen LogP contribution in [0.2, 0.25) is 5.02 Å². The molecule has 3 rings (SSSR count). The van der Waals surface area contributed by atoms with E-state index in [1.165, 1.54) is 16.7 Å². The molecule has 0 saturated heterocycles. The third-order valence-corrected chi connectivity index (χ3v) is 6.04. The molecule has 0 unspecified atom stereocenters. The summed E-state index contributed by atoms with van der Waals surface area (Å²) < 4.78 is 0. The molecule has 1 aliphatic heterocycles. The lowest BCUT2D eigenvalue weighted by Crippen LogP contribution is -2.40. The van der Waals surface area contributed by atoms with Gasteiger partial charge in [0.25, 0.3) is 11.8 Å². The maximum Gasteiger partial charge on any atom is 0.268 e. The number of imide groups is 1. The number of thioether (sulfide) groups is 1. The highest BCUT2D eigenvalue weighted by Crippen LogP contribution is 2.39. The first-order valence-corrected chi connectivity index (χ1v) is 10.1. The molecular formula is C19H22ClNO3S. The van der Waals surface area contributed by atoms with Gasteiger partial charge in [-0.05, 0) is 30.5 Å². The van der Waals surface area contributed by atoms with Gasteiger partial charge in [0.15, 0.2) is 0 Å². The fraction of sp³-hybridized carbons (Fsp3) is 0.474. The second-order valence-corrected chi connectivity index (χ2v) is 7.95. The highest BCUT2D eigenvalue weighted by molar-refractivity contribution is 8.04. The summed E-state index contributed by atoms with van der Waals surface area (Å²) in [7, 11) is 0. The summed E-state index contributed by atoms with van der Waals surface area (Å²) in [6.45, 7) is -0.0348. The average Bonchev–Trinajstić information content (AvgIpc) is 2.78. The van der Waals surface area contributed by atoms with Crippen LogP contribution in [0.4, 0.5) is 0 Å². The number of carbonyl (C=O) groups is 2. The van der Waals surface area contributed by atoms with E-state index in [4.69, 9.17) is 16.7 Å². The molecule has 0 radical (unpaired) electrons. The molecule has 25 heavy (non-hydrogen) atoms. The van der Waals surface area contributed by atoms with Gasteiger partial charge < -0.3 is 5.11 Å². The first-order valence-electron chi connectivity index (χ1n) is 8.75. The van der Waals surface area contributed by atoms with Gasteiger partial charge in [0.2, 0.25) is 0 Å². The summed E-state index contributed by atoms with van der Waals surface area (Å²) >= 11 is 7.22. The number of nitrogens with zero attached hydrogens (tertiary/aromatic N) is 1. The minimum Gasteiger partial charge on any atom is -0.396 e. The summed E-state index contributed by atoms with van der Waals surface area (Å²) in [5, 5.41) is 9.74. The number of aliphatic hydroxyl groups excluding tert-OH is 1. The molecule has 0 atom stereocenters. The first kappa shape index (κ1) is 18.5. The third kappa shape index (κ3) is 3.94. The average molecular weight is 380 g/mol. The number of hydrogen-bond acceptors (Lipinski definition) is 4. The predicted octanol–water partition coefficient (Wildman–Crippen LogP) is 3.87. The molecule has 1 N–H and O–H groups in total. The predicted molar refractivity (Wildman–Crippen MR) is 101 cm³/mol. The van der Waals surface area contributed by atoms with E-state index in [1.807, 2.05) is 0 Å². The Balaban J connectivity index is 1.95. The Labute approximate surface area is 157 Å². The Morgan fingerprint density at radius 2 is 1.68 bits per heavy atom. The number of hydrogen-bond donors (Lipinski definition) is 1. The van der Waals surface area contributed by atoms with Crippen molar-refractivity contribution in [3.8, 4) is 0 Å². The molecule has 1 fully saturated rings. The van der Waals surface area contributed by atoms with E-state index in [0.717, 1.165) is 38.5 Å². The first-order chi connectivity index (χ1) is 12.1. The highest BCUT2D eigenvalue weighted by atomic mass is 35.5. The maximum atomic E-state index is 13.1. The van der Waals surface area contributed by atoms with Crippen LogP contribution in [0.5, 0.6) is 0 Å². The number of carbonyl (C=O) groups excluding carboxylic acids is 2. The van der Waals surface area contributed by atoms with Gasteiger partial charge in [-0.25, -0.2) is 0 Å². The van der Waals surface area contributed by atoms with E-state index in [-0.39, 0.29) is 24.5 Å². The van der Waals surface area contributed by atoms with Gasteiger partial charge in [0.1, 0.15) is 0 Å². The summed E-state index contributed by atoms with van der Waals surface area (Å²) in [6.07, 6.45) is 6.19. The van der Waals surface area contributed by atoms with E-state index >= 15 is 0 Å². The van der Waals surface area contributed by atoms with Crippen LogP contribution in [-0.2, 0) is 9.59 Å². The molecule has 1 aromatic carbocycles. The van der Waals surface area contributed by atoms with Gasteiger partial charge in [-0.2, -0.15) is 0 Å². The van der Waals surface area contributed by atoms with Crippen molar-refractivity contribution in [3.05, 3.63) is 39.8 Å². The SMILES string of the molecule is O=C1C(SCCO)=C(c2ccc(Cl)cc2)C(=O)N1C1CCCCCC1. The Morgan fingerprint density at radius 3 is 2.28 bits per heavy atom. The Hall–Kier alpha value is -1.30. The number of halogens is 1. The molecule has 1 saturated carbocycles. The fourth-order valence-corrected chi connectivity index (χ4v) is 4.52. The van der Waals surface area contributed by atoms with Gasteiger partial charge in [0.05, 0.1) is 17.1 Å². The lowest BCUT2D eigenvalue weighted by atomic mass is 10.0. The summed E-state index contributed by atoms with van der Waals surface area (Å²) in [6, 6.07) is 6.99. The zero-order chi connectivity index (χ0) is 17.8. The van der Waals surface area contributed by atoms with Gasteiger partial charge in [0, 0.05) is 16.8 Å². The maximum absolute atomic E-state index is 13.1. The van der Waals surface area contributed by atoms with Crippen LogP contribution >= 0.6 is 23.4 Å². The standard InChI is InChI=1S/C19H22ClNO3S/c20-14-9-7-13(8-10-14)16-17(25-12-11-22)19(24)21(18(16)23)15-5-3-1-2-4-6-15/h7-10,15,22H,1-6,11-12H2. The van der Waals surface area contributed by atoms with Crippen LogP contribution in [0.25, 0.3) is 5.57 Å². The largest absolute Gasteiger partial charge is 0.396 e. The quantitative estimate of drug-likeness (QED) is 0.623. The van der Waals surface area contributed by atoms with E-state index < -0.39 is 0 Å². The van der Waals surface area contributed by atoms with Gasteiger partial charge >= 0.3 is 0 Å². The smallest absolute Gasteiger partial charge is 0.268 e. The van der Waals surface area contributed by atoms with Crippen molar-refractivity contribution in [2.75, 3.05) is 12.4 Å². The highest BCUT2D eigenvalue weighted by Gasteiger charge is 2.42. The Bertz CT molecular complexity index is 678. The van der Waals surface area contributed by atoms with Crippen molar-refractivity contribution in [1.82, 2.24) is 4.90 Å². The molecule has 6 heteroatoms. The number of aliphatic hydroxyl groups is 1. The molecule has 1 aromatic rings. The minimum atomic E-state index is -0.209. The van der Waals surface area contributed by atoms with E-state index in [0.29, 0.717) is 26.8 Å². The zero-order valence-electron chi connectivity index (χ0n) is 14.0. The number of amides is 2. The van der Waals surface area contributed by atoms with Crippen LogP contribution in [0, 0.1) is 0 Å². The van der Waals surface area contributed by atoms with Crippen LogP contribution in [-0.4, -0.2) is 40.2 Å². The van der Waals surface area contributed by atoms with Gasteiger partial charge in [-0.3, -0.25) is 14.5 Å². The Morgan fingerprint density at radius 1 is 1.04 bits per heavy atom. The van der Waals surface area contributed by atoms with Crippen molar-refractivity contribution >= 4 is 40.8 Å². The van der Waals surface area contributed by atoms with E-state index in [2.05, 4.69) is 0 Å². The molecule has 2 amide bonds. The van der Waals surface area contributed by atoms with Crippen molar-refractivity contribution in [1.29, 1.82) is 0 Å². The number of rotatable bonds is 5. The van der Waals surface area contributed by atoms with Crippen molar-refractivity contribution < 1.29 is 14.7 Å². The van der Waals surface area contributed by atoms with Gasteiger partial charge in [-0.1, -0.05) is 49.4 Å². The van der Waals surface area contributed by atoms with Crippen molar-refractivity contribution in [3.63, 3.8) is 0 Å². The van der Waals surface area contributed by atoms with Crippen molar-refractivity contribution in [2.45, 2.75) is 44.6 Å². The second-order valence-electron chi connectivity index (χ2n) is 6.41. The van der Waals surface area contributed by atoms with E-state index in [9.17, 15) is 9.59 Å². The van der Waals surface area contributed by atoms with Crippen LogP contribution < -0.4 is 0 Å². The molecule has 4 nitrogen and oxygen atoms in total. The minimum absolute atomic E-state index is 0.0166. The van der Waals surface area contributed by atoms with Crippen molar-refractivity contribution in [2.24, 2.45) is 0 Å². The summed E-state index contributed by atoms with van der Waals surface area (Å²) in [4.78, 5) is 28.0. The van der Waals surface area contributed by atoms with Crippen LogP contribution in [0.15, 0.2) is 29.2 Å². The zero-order valence-corrected chi connectivity index (χ0v) is 15.6. The molecular weight excluding hydrogens is 358 g/mol. The van der Waals surface area contributed by atoms with Crippen LogP contribution in [0.3, 0.4) is 0 Å². The molecule has 2 aliphatic rings. The molecule has 0 aromatic heterocycles. The second kappa shape index (κ2) is 8.39.